The summed E-state index contributed by atoms with van der Waals surface area (Å²) in [5, 5.41) is 3.04. The molecule has 0 radical (unpaired) electrons. The summed E-state index contributed by atoms with van der Waals surface area (Å²) < 4.78 is 28.9. The average molecular weight is 378 g/mol. The van der Waals surface area contributed by atoms with Gasteiger partial charge in [-0.25, -0.2) is 0 Å². The molecule has 2 aliphatic rings. The molecule has 3 rings (SSSR count). The standard InChI is InChI=1S/C19H27N3O3S/c1-3-4-12-22-14(2)21-26(24,25)18-13-15(10-11-17(18)22)19(23)20-16-8-6-5-7-9-16/h10-11,13,16H,3-9,12H2,1-2H3,(H,20,23). The Kier molecular flexibility index (Phi) is 5.65. The second kappa shape index (κ2) is 7.78. The van der Waals surface area contributed by atoms with E-state index < -0.39 is 10.0 Å². The molecule has 1 aliphatic carbocycles. The van der Waals surface area contributed by atoms with Crippen LogP contribution in [0.25, 0.3) is 0 Å². The Bertz CT molecular complexity index is 811. The zero-order valence-electron chi connectivity index (χ0n) is 15.5. The van der Waals surface area contributed by atoms with Crippen LogP contribution in [0, 0.1) is 0 Å². The number of amidine groups is 1. The third kappa shape index (κ3) is 3.92. The fraction of sp³-hybridized carbons (Fsp3) is 0.579. The Morgan fingerprint density at radius 3 is 2.69 bits per heavy atom. The van der Waals surface area contributed by atoms with Crippen molar-refractivity contribution >= 4 is 27.5 Å². The number of fused-ring (bicyclic) bond motifs is 1. The van der Waals surface area contributed by atoms with Gasteiger partial charge in [0.1, 0.15) is 10.7 Å². The predicted molar refractivity (Wildman–Crippen MR) is 103 cm³/mol. The first kappa shape index (κ1) is 18.9. The van der Waals surface area contributed by atoms with Gasteiger partial charge in [0.15, 0.2) is 0 Å². The van der Waals surface area contributed by atoms with Crippen molar-refractivity contribution in [1.29, 1.82) is 0 Å². The Morgan fingerprint density at radius 2 is 2.00 bits per heavy atom. The van der Waals surface area contributed by atoms with Crippen LogP contribution >= 0.6 is 0 Å². The minimum Gasteiger partial charge on any atom is -0.349 e. The van der Waals surface area contributed by atoms with E-state index in [1.807, 2.05) is 4.90 Å². The van der Waals surface area contributed by atoms with Gasteiger partial charge in [-0.15, -0.1) is 4.40 Å². The van der Waals surface area contributed by atoms with Crippen molar-refractivity contribution in [2.24, 2.45) is 4.40 Å². The van der Waals surface area contributed by atoms with E-state index in [2.05, 4.69) is 16.6 Å². The Labute approximate surface area is 155 Å². The zero-order chi connectivity index (χ0) is 18.7. The normalized spacial score (nSPS) is 19.6. The molecule has 1 aliphatic heterocycles. The minimum atomic E-state index is -3.77. The molecule has 0 aromatic heterocycles. The number of benzene rings is 1. The van der Waals surface area contributed by atoms with Crippen LogP contribution < -0.4 is 10.2 Å². The topological polar surface area (TPSA) is 78.8 Å². The fourth-order valence-electron chi connectivity index (χ4n) is 3.65. The first-order valence-electron chi connectivity index (χ1n) is 9.46. The third-order valence-electron chi connectivity index (χ3n) is 5.11. The van der Waals surface area contributed by atoms with Crippen LogP contribution in [-0.2, 0) is 10.0 Å². The van der Waals surface area contributed by atoms with Crippen molar-refractivity contribution in [3.05, 3.63) is 23.8 Å². The van der Waals surface area contributed by atoms with Crippen LogP contribution in [-0.4, -0.2) is 32.7 Å². The molecule has 6 nitrogen and oxygen atoms in total. The van der Waals surface area contributed by atoms with E-state index in [1.54, 1.807) is 19.1 Å². The lowest BCUT2D eigenvalue weighted by atomic mass is 9.95. The van der Waals surface area contributed by atoms with E-state index >= 15 is 0 Å². The summed E-state index contributed by atoms with van der Waals surface area (Å²) in [6, 6.07) is 5.10. The second-order valence-corrected chi connectivity index (χ2v) is 8.68. The van der Waals surface area contributed by atoms with Crippen molar-refractivity contribution in [1.82, 2.24) is 5.32 Å². The molecule has 1 N–H and O–H groups in total. The maximum Gasteiger partial charge on any atom is 0.286 e. The number of sulfonamides is 1. The van der Waals surface area contributed by atoms with Crippen LogP contribution in [0.15, 0.2) is 27.5 Å². The molecule has 0 atom stereocenters. The smallest absolute Gasteiger partial charge is 0.286 e. The zero-order valence-corrected chi connectivity index (χ0v) is 16.3. The molecule has 26 heavy (non-hydrogen) atoms. The van der Waals surface area contributed by atoms with Crippen molar-refractivity contribution < 1.29 is 13.2 Å². The highest BCUT2D eigenvalue weighted by molar-refractivity contribution is 7.90. The summed E-state index contributed by atoms with van der Waals surface area (Å²) in [6.07, 6.45) is 7.40. The molecule has 0 bridgehead atoms. The third-order valence-corrected chi connectivity index (χ3v) is 6.50. The van der Waals surface area contributed by atoms with Gasteiger partial charge < -0.3 is 10.2 Å². The van der Waals surface area contributed by atoms with Gasteiger partial charge in [0.2, 0.25) is 0 Å². The number of hydrogen-bond donors (Lipinski definition) is 1. The maximum absolute atomic E-state index is 12.6. The van der Waals surface area contributed by atoms with E-state index in [1.165, 1.54) is 12.5 Å². The van der Waals surface area contributed by atoms with Gasteiger partial charge in [-0.1, -0.05) is 32.6 Å². The molecule has 1 heterocycles. The van der Waals surface area contributed by atoms with E-state index in [-0.39, 0.29) is 16.8 Å². The number of anilines is 1. The number of nitrogens with one attached hydrogen (secondary N) is 1. The lowest BCUT2D eigenvalue weighted by Crippen LogP contribution is -2.37. The van der Waals surface area contributed by atoms with Crippen LogP contribution in [0.3, 0.4) is 0 Å². The van der Waals surface area contributed by atoms with E-state index in [0.29, 0.717) is 23.6 Å². The number of hydrogen-bond acceptors (Lipinski definition) is 4. The van der Waals surface area contributed by atoms with E-state index in [0.717, 1.165) is 38.5 Å². The minimum absolute atomic E-state index is 0.121. The molecule has 142 valence electrons. The fourth-order valence-corrected chi connectivity index (χ4v) is 4.91. The van der Waals surface area contributed by atoms with E-state index in [4.69, 9.17) is 0 Å². The number of unbranched alkanes of at least 4 members (excludes halogenated alkanes) is 1. The summed E-state index contributed by atoms with van der Waals surface area (Å²) >= 11 is 0. The maximum atomic E-state index is 12.6. The number of carbonyl (C=O) groups excluding carboxylic acids is 1. The van der Waals surface area contributed by atoms with Gasteiger partial charge in [-0.3, -0.25) is 4.79 Å². The second-order valence-electron chi connectivity index (χ2n) is 7.11. The average Bonchev–Trinajstić information content (AvgIpc) is 2.61. The molecule has 1 saturated carbocycles. The first-order valence-corrected chi connectivity index (χ1v) is 10.9. The molecule has 7 heteroatoms. The molecule has 1 fully saturated rings. The largest absolute Gasteiger partial charge is 0.349 e. The number of rotatable bonds is 5. The van der Waals surface area contributed by atoms with Crippen molar-refractivity contribution in [3.8, 4) is 0 Å². The van der Waals surface area contributed by atoms with Gasteiger partial charge in [0.05, 0.1) is 5.69 Å². The van der Waals surface area contributed by atoms with Gasteiger partial charge in [0, 0.05) is 18.2 Å². The quantitative estimate of drug-likeness (QED) is 0.852. The Balaban J connectivity index is 1.88. The lowest BCUT2D eigenvalue weighted by Gasteiger charge is -2.29. The molecular weight excluding hydrogens is 350 g/mol. The predicted octanol–water partition coefficient (Wildman–Crippen LogP) is 3.48. The van der Waals surface area contributed by atoms with Crippen molar-refractivity contribution in [2.75, 3.05) is 11.4 Å². The number of carbonyl (C=O) groups is 1. The van der Waals surface area contributed by atoms with E-state index in [9.17, 15) is 13.2 Å². The van der Waals surface area contributed by atoms with Gasteiger partial charge in [-0.05, 0) is 44.4 Å². The summed E-state index contributed by atoms with van der Waals surface area (Å²) in [6.45, 7) is 4.51. The van der Waals surface area contributed by atoms with Crippen LogP contribution in [0.4, 0.5) is 5.69 Å². The van der Waals surface area contributed by atoms with Crippen LogP contribution in [0.1, 0.15) is 69.2 Å². The number of nitrogens with zero attached hydrogens (tertiary/aromatic N) is 2. The Morgan fingerprint density at radius 1 is 1.27 bits per heavy atom. The molecule has 0 spiro atoms. The number of amides is 1. The summed E-state index contributed by atoms with van der Waals surface area (Å²) in [5.74, 6) is 0.270. The molecule has 1 aromatic carbocycles. The first-order chi connectivity index (χ1) is 12.4. The van der Waals surface area contributed by atoms with Crippen LogP contribution in [0.2, 0.25) is 0 Å². The van der Waals surface area contributed by atoms with Crippen molar-refractivity contribution in [3.63, 3.8) is 0 Å². The summed E-state index contributed by atoms with van der Waals surface area (Å²) in [7, 11) is -3.77. The van der Waals surface area contributed by atoms with Crippen LogP contribution in [0.5, 0.6) is 0 Å². The molecule has 1 aromatic rings. The highest BCUT2D eigenvalue weighted by Crippen LogP contribution is 2.33. The monoisotopic (exact) mass is 377 g/mol. The molecule has 0 saturated heterocycles. The lowest BCUT2D eigenvalue weighted by molar-refractivity contribution is 0.0927. The summed E-state index contributed by atoms with van der Waals surface area (Å²) in [5.41, 5.74) is 0.989. The SMILES string of the molecule is CCCCN1C(C)=NS(=O)(=O)c2cc(C(=O)NC3CCCCC3)ccc21. The highest BCUT2D eigenvalue weighted by Gasteiger charge is 2.30. The molecule has 0 unspecified atom stereocenters. The Hall–Kier alpha value is -1.89. The van der Waals surface area contributed by atoms with Gasteiger partial charge >= 0.3 is 0 Å². The van der Waals surface area contributed by atoms with Gasteiger partial charge in [0.25, 0.3) is 15.9 Å². The highest BCUT2D eigenvalue weighted by atomic mass is 32.2. The molecular formula is C19H27N3O3S. The van der Waals surface area contributed by atoms with Crippen molar-refractivity contribution in [2.45, 2.75) is 69.7 Å². The van der Waals surface area contributed by atoms with Gasteiger partial charge in [-0.2, -0.15) is 8.42 Å². The molecule has 1 amide bonds. The summed E-state index contributed by atoms with van der Waals surface area (Å²) in [4.78, 5) is 14.6.